The third-order valence-electron chi connectivity index (χ3n) is 3.74. The fourth-order valence-corrected chi connectivity index (χ4v) is 3.05. The van der Waals surface area contributed by atoms with Gasteiger partial charge < -0.3 is 15.9 Å². The lowest BCUT2D eigenvalue weighted by atomic mass is 10.2. The number of hydrogen-bond acceptors (Lipinski definition) is 6. The third kappa shape index (κ3) is 4.56. The fourth-order valence-electron chi connectivity index (χ4n) is 2.37. The number of carbonyl (C=O) groups is 1. The second kappa shape index (κ2) is 8.54. The molecule has 0 saturated heterocycles. The Balaban J connectivity index is 1.57. The molecule has 0 aliphatic rings. The van der Waals surface area contributed by atoms with E-state index in [-0.39, 0.29) is 23.0 Å². The number of ether oxygens (including phenoxy) is 1. The van der Waals surface area contributed by atoms with Crippen LogP contribution in [-0.4, -0.2) is 33.6 Å². The van der Waals surface area contributed by atoms with Gasteiger partial charge in [-0.2, -0.15) is 0 Å². The van der Waals surface area contributed by atoms with Gasteiger partial charge in [0.25, 0.3) is 0 Å². The molecule has 0 bridgehead atoms. The van der Waals surface area contributed by atoms with Crippen molar-refractivity contribution in [3.63, 3.8) is 0 Å². The van der Waals surface area contributed by atoms with Crippen molar-refractivity contribution in [2.24, 2.45) is 0 Å². The Morgan fingerprint density at radius 1 is 1.26 bits per heavy atom. The quantitative estimate of drug-likeness (QED) is 0.477. The van der Waals surface area contributed by atoms with Crippen LogP contribution in [0.1, 0.15) is 5.56 Å². The van der Waals surface area contributed by atoms with Crippen molar-refractivity contribution in [3.05, 3.63) is 59.9 Å². The molecule has 0 fully saturated rings. The predicted molar refractivity (Wildman–Crippen MR) is 101 cm³/mol. The van der Waals surface area contributed by atoms with Crippen LogP contribution in [0.4, 0.5) is 4.39 Å². The lowest BCUT2D eigenvalue weighted by molar-refractivity contribution is -0.118. The van der Waals surface area contributed by atoms with E-state index in [1.54, 1.807) is 25.3 Å². The van der Waals surface area contributed by atoms with Gasteiger partial charge in [-0.1, -0.05) is 36.0 Å². The molecular weight excluding hydrogens is 369 g/mol. The number of hydrogen-bond donors (Lipinski definition) is 2. The van der Waals surface area contributed by atoms with Crippen LogP contribution in [0, 0.1) is 5.82 Å². The second-order valence-electron chi connectivity index (χ2n) is 5.57. The van der Waals surface area contributed by atoms with Crippen LogP contribution in [0.15, 0.2) is 53.7 Å². The molecule has 0 saturated carbocycles. The number of nitrogens with one attached hydrogen (secondary N) is 1. The summed E-state index contributed by atoms with van der Waals surface area (Å²) in [6.45, 7) is 0.381. The summed E-state index contributed by atoms with van der Waals surface area (Å²) in [6.07, 6.45) is 0. The van der Waals surface area contributed by atoms with Crippen molar-refractivity contribution in [1.82, 2.24) is 20.2 Å². The van der Waals surface area contributed by atoms with E-state index >= 15 is 0 Å². The van der Waals surface area contributed by atoms with Crippen molar-refractivity contribution < 1.29 is 13.9 Å². The number of nitrogens with two attached hydrogens (primary N) is 1. The van der Waals surface area contributed by atoms with Gasteiger partial charge in [0.05, 0.1) is 18.4 Å². The number of amides is 1. The standard InChI is InChI=1S/C18H18FN5O2S/c1-26-13-6-4-5-12(9-13)10-21-16(25)11-27-18-23-22-17(24(18)20)14-7-2-3-8-15(14)19/h2-9H,10-11,20H2,1H3,(H,21,25). The minimum absolute atomic E-state index is 0.108. The lowest BCUT2D eigenvalue weighted by Crippen LogP contribution is -2.25. The molecule has 3 rings (SSSR count). The van der Waals surface area contributed by atoms with Crippen LogP contribution in [0.2, 0.25) is 0 Å². The van der Waals surface area contributed by atoms with Gasteiger partial charge in [0.1, 0.15) is 11.6 Å². The van der Waals surface area contributed by atoms with Gasteiger partial charge in [0, 0.05) is 6.54 Å². The average molecular weight is 387 g/mol. The van der Waals surface area contributed by atoms with E-state index in [1.807, 2.05) is 24.3 Å². The molecule has 0 unspecified atom stereocenters. The Kier molecular flexibility index (Phi) is 5.92. The van der Waals surface area contributed by atoms with Crippen LogP contribution in [0.3, 0.4) is 0 Å². The SMILES string of the molecule is COc1cccc(CNC(=O)CSc2nnc(-c3ccccc3F)n2N)c1. The van der Waals surface area contributed by atoms with E-state index in [0.29, 0.717) is 11.7 Å². The first-order valence-electron chi connectivity index (χ1n) is 8.06. The normalized spacial score (nSPS) is 10.6. The van der Waals surface area contributed by atoms with Crippen molar-refractivity contribution >= 4 is 17.7 Å². The van der Waals surface area contributed by atoms with Gasteiger partial charge in [-0.3, -0.25) is 4.79 Å². The Morgan fingerprint density at radius 3 is 2.85 bits per heavy atom. The van der Waals surface area contributed by atoms with E-state index < -0.39 is 5.82 Å². The summed E-state index contributed by atoms with van der Waals surface area (Å²) >= 11 is 1.12. The molecule has 1 heterocycles. The Morgan fingerprint density at radius 2 is 2.07 bits per heavy atom. The van der Waals surface area contributed by atoms with Crippen molar-refractivity contribution in [2.45, 2.75) is 11.7 Å². The smallest absolute Gasteiger partial charge is 0.230 e. The number of carbonyl (C=O) groups excluding carboxylic acids is 1. The number of nitrogen functional groups attached to an aromatic ring is 1. The lowest BCUT2D eigenvalue weighted by Gasteiger charge is -2.07. The largest absolute Gasteiger partial charge is 0.497 e. The monoisotopic (exact) mass is 387 g/mol. The Labute approximate surface area is 159 Å². The molecule has 1 amide bonds. The third-order valence-corrected chi connectivity index (χ3v) is 4.68. The van der Waals surface area contributed by atoms with Crippen LogP contribution in [-0.2, 0) is 11.3 Å². The predicted octanol–water partition coefficient (Wildman–Crippen LogP) is 2.22. The number of methoxy groups -OCH3 is 1. The van der Waals surface area contributed by atoms with Gasteiger partial charge in [0.15, 0.2) is 5.82 Å². The highest BCUT2D eigenvalue weighted by Gasteiger charge is 2.16. The summed E-state index contributed by atoms with van der Waals surface area (Å²) in [5.74, 6) is 6.36. The second-order valence-corrected chi connectivity index (χ2v) is 6.52. The van der Waals surface area contributed by atoms with Gasteiger partial charge in [-0.05, 0) is 29.8 Å². The molecule has 1 aromatic heterocycles. The van der Waals surface area contributed by atoms with E-state index in [0.717, 1.165) is 23.1 Å². The highest BCUT2D eigenvalue weighted by atomic mass is 32.2. The first-order chi connectivity index (χ1) is 13.1. The average Bonchev–Trinajstić information content (AvgIpc) is 3.05. The first kappa shape index (κ1) is 18.7. The molecule has 0 aliphatic heterocycles. The molecule has 3 N–H and O–H groups in total. The van der Waals surface area contributed by atoms with Crippen LogP contribution >= 0.6 is 11.8 Å². The van der Waals surface area contributed by atoms with Crippen LogP contribution in [0.5, 0.6) is 5.75 Å². The molecule has 3 aromatic rings. The minimum atomic E-state index is -0.441. The zero-order chi connectivity index (χ0) is 19.2. The number of thioether (sulfide) groups is 1. The van der Waals surface area contributed by atoms with Gasteiger partial charge in [0.2, 0.25) is 11.1 Å². The van der Waals surface area contributed by atoms with E-state index in [1.165, 1.54) is 10.7 Å². The maximum atomic E-state index is 13.9. The minimum Gasteiger partial charge on any atom is -0.497 e. The maximum absolute atomic E-state index is 13.9. The summed E-state index contributed by atoms with van der Waals surface area (Å²) in [6, 6.07) is 13.6. The number of rotatable bonds is 7. The Bertz CT molecular complexity index is 947. The summed E-state index contributed by atoms with van der Waals surface area (Å²) in [5, 5.41) is 11.0. The van der Waals surface area contributed by atoms with E-state index in [2.05, 4.69) is 15.5 Å². The summed E-state index contributed by atoms with van der Waals surface area (Å²) in [5.41, 5.74) is 1.18. The zero-order valence-corrected chi connectivity index (χ0v) is 15.4. The molecule has 0 radical (unpaired) electrons. The van der Waals surface area contributed by atoms with Crippen molar-refractivity contribution in [2.75, 3.05) is 18.7 Å². The maximum Gasteiger partial charge on any atom is 0.230 e. The summed E-state index contributed by atoms with van der Waals surface area (Å²) < 4.78 is 20.2. The van der Waals surface area contributed by atoms with Crippen molar-refractivity contribution in [1.29, 1.82) is 0 Å². The summed E-state index contributed by atoms with van der Waals surface area (Å²) in [4.78, 5) is 12.1. The first-order valence-corrected chi connectivity index (χ1v) is 9.05. The molecule has 140 valence electrons. The van der Waals surface area contributed by atoms with Crippen LogP contribution in [0.25, 0.3) is 11.4 Å². The highest BCUT2D eigenvalue weighted by Crippen LogP contribution is 2.23. The van der Waals surface area contributed by atoms with Crippen LogP contribution < -0.4 is 15.9 Å². The van der Waals surface area contributed by atoms with Gasteiger partial charge in [-0.25, -0.2) is 9.07 Å². The van der Waals surface area contributed by atoms with Gasteiger partial charge in [-0.15, -0.1) is 10.2 Å². The van der Waals surface area contributed by atoms with Gasteiger partial charge >= 0.3 is 0 Å². The molecule has 2 aromatic carbocycles. The fraction of sp³-hybridized carbons (Fsp3) is 0.167. The Hall–Kier alpha value is -3.07. The highest BCUT2D eigenvalue weighted by molar-refractivity contribution is 7.99. The number of aromatic nitrogens is 3. The molecule has 7 nitrogen and oxygen atoms in total. The van der Waals surface area contributed by atoms with E-state index in [4.69, 9.17) is 10.6 Å². The summed E-state index contributed by atoms with van der Waals surface area (Å²) in [7, 11) is 1.59. The van der Waals surface area contributed by atoms with E-state index in [9.17, 15) is 9.18 Å². The topological polar surface area (TPSA) is 95.1 Å². The molecular formula is C18H18FN5O2S. The van der Waals surface area contributed by atoms with Crippen molar-refractivity contribution in [3.8, 4) is 17.1 Å². The number of nitrogens with zero attached hydrogens (tertiary/aromatic N) is 3. The molecule has 27 heavy (non-hydrogen) atoms. The molecule has 0 atom stereocenters. The molecule has 9 heteroatoms. The number of benzene rings is 2. The zero-order valence-electron chi connectivity index (χ0n) is 14.6. The molecule has 0 aliphatic carbocycles. The number of halogens is 1. The molecule has 0 spiro atoms.